The average molecular weight is 303 g/mol. The Balaban J connectivity index is 2.19. The van der Waals surface area contributed by atoms with Crippen LogP contribution in [0.3, 0.4) is 0 Å². The lowest BCUT2D eigenvalue weighted by molar-refractivity contribution is 0.428. The summed E-state index contributed by atoms with van der Waals surface area (Å²) in [6.07, 6.45) is 0.750. The molecule has 3 nitrogen and oxygen atoms in total. The van der Waals surface area contributed by atoms with E-state index in [-0.39, 0.29) is 6.04 Å². The van der Waals surface area contributed by atoms with E-state index < -0.39 is 0 Å². The Kier molecular flexibility index (Phi) is 3.77. The van der Waals surface area contributed by atoms with E-state index >= 15 is 0 Å². The molecule has 0 amide bonds. The van der Waals surface area contributed by atoms with Crippen LogP contribution in [0, 0.1) is 13.8 Å². The van der Waals surface area contributed by atoms with Crippen LogP contribution in [0.2, 0.25) is 0 Å². The molecule has 2 heterocycles. The number of aromatic nitrogens is 2. The fourth-order valence-electron chi connectivity index (χ4n) is 2.80. The molecule has 0 bridgehead atoms. The fourth-order valence-corrected chi connectivity index (χ4v) is 2.97. The van der Waals surface area contributed by atoms with Crippen molar-refractivity contribution in [1.82, 2.24) is 9.55 Å². The van der Waals surface area contributed by atoms with Gasteiger partial charge in [-0.2, -0.15) is 0 Å². The molecule has 1 unspecified atom stereocenters. The summed E-state index contributed by atoms with van der Waals surface area (Å²) in [7, 11) is 0. The molecule has 0 aliphatic rings. The monoisotopic (exact) mass is 302 g/mol. The van der Waals surface area contributed by atoms with E-state index in [1.54, 1.807) is 0 Å². The Labute approximate surface area is 129 Å². The number of alkyl halides is 1. The fraction of sp³-hybridized carbons (Fsp3) is 0.353. The summed E-state index contributed by atoms with van der Waals surface area (Å²) in [6.45, 7) is 6.19. The predicted molar refractivity (Wildman–Crippen MR) is 86.2 cm³/mol. The molecule has 0 spiro atoms. The van der Waals surface area contributed by atoms with Gasteiger partial charge in [0.2, 0.25) is 0 Å². The zero-order chi connectivity index (χ0) is 15.0. The van der Waals surface area contributed by atoms with Crippen LogP contribution in [0.5, 0.6) is 0 Å². The maximum absolute atomic E-state index is 5.95. The molecule has 21 heavy (non-hydrogen) atoms. The molecule has 0 fully saturated rings. The minimum Gasteiger partial charge on any atom is -0.464 e. The second kappa shape index (κ2) is 5.57. The Morgan fingerprint density at radius 3 is 2.71 bits per heavy atom. The third-order valence-electron chi connectivity index (χ3n) is 3.87. The number of rotatable bonds is 4. The topological polar surface area (TPSA) is 31.0 Å². The van der Waals surface area contributed by atoms with Crippen molar-refractivity contribution < 1.29 is 4.42 Å². The number of imidazole rings is 1. The van der Waals surface area contributed by atoms with Gasteiger partial charge in [-0.1, -0.05) is 12.1 Å². The Morgan fingerprint density at radius 1 is 1.24 bits per heavy atom. The minimum absolute atomic E-state index is 0.101. The van der Waals surface area contributed by atoms with Gasteiger partial charge in [0.15, 0.2) is 0 Å². The molecule has 3 aromatic rings. The summed E-state index contributed by atoms with van der Waals surface area (Å²) in [5.74, 6) is 3.45. The smallest absolute Gasteiger partial charge is 0.126 e. The van der Waals surface area contributed by atoms with Crippen LogP contribution in [0.4, 0.5) is 0 Å². The summed E-state index contributed by atoms with van der Waals surface area (Å²) in [5, 5.41) is 0. The quantitative estimate of drug-likeness (QED) is 0.658. The molecule has 3 rings (SSSR count). The SMILES string of the molecule is Cc1ccc(C(C)n2c(CCCl)nc3c(C)cccc32)o1. The molecule has 0 aliphatic heterocycles. The zero-order valence-electron chi connectivity index (χ0n) is 12.6. The van der Waals surface area contributed by atoms with Crippen LogP contribution in [-0.4, -0.2) is 15.4 Å². The number of hydrogen-bond acceptors (Lipinski definition) is 2. The number of furan rings is 1. The van der Waals surface area contributed by atoms with Crippen molar-refractivity contribution in [3.8, 4) is 0 Å². The number of benzene rings is 1. The second-order valence-electron chi connectivity index (χ2n) is 5.40. The van der Waals surface area contributed by atoms with Crippen LogP contribution < -0.4 is 0 Å². The van der Waals surface area contributed by atoms with E-state index in [9.17, 15) is 0 Å². The minimum atomic E-state index is 0.101. The third kappa shape index (κ3) is 2.46. The summed E-state index contributed by atoms with van der Waals surface area (Å²) < 4.78 is 8.04. The number of para-hydroxylation sites is 1. The molecule has 110 valence electrons. The summed E-state index contributed by atoms with van der Waals surface area (Å²) >= 11 is 5.95. The molecule has 4 heteroatoms. The maximum atomic E-state index is 5.95. The lowest BCUT2D eigenvalue weighted by Crippen LogP contribution is -2.10. The highest BCUT2D eigenvalue weighted by atomic mass is 35.5. The summed E-state index contributed by atoms with van der Waals surface area (Å²) in [6, 6.07) is 10.4. The second-order valence-corrected chi connectivity index (χ2v) is 5.78. The van der Waals surface area contributed by atoms with Crippen molar-refractivity contribution in [3.05, 3.63) is 53.2 Å². The van der Waals surface area contributed by atoms with Crippen molar-refractivity contribution in [3.63, 3.8) is 0 Å². The van der Waals surface area contributed by atoms with Gasteiger partial charge in [-0.3, -0.25) is 0 Å². The summed E-state index contributed by atoms with van der Waals surface area (Å²) in [4.78, 5) is 4.79. The van der Waals surface area contributed by atoms with Crippen LogP contribution >= 0.6 is 11.6 Å². The number of nitrogens with zero attached hydrogens (tertiary/aromatic N) is 2. The maximum Gasteiger partial charge on any atom is 0.126 e. The van der Waals surface area contributed by atoms with E-state index in [4.69, 9.17) is 21.0 Å². The molecule has 2 aromatic heterocycles. The number of hydrogen-bond donors (Lipinski definition) is 0. The van der Waals surface area contributed by atoms with Crippen LogP contribution in [-0.2, 0) is 6.42 Å². The first kappa shape index (κ1) is 14.2. The molecule has 0 saturated carbocycles. The first-order valence-corrected chi connectivity index (χ1v) is 7.74. The highest BCUT2D eigenvalue weighted by Crippen LogP contribution is 2.28. The third-order valence-corrected chi connectivity index (χ3v) is 4.06. The van der Waals surface area contributed by atoms with E-state index in [2.05, 4.69) is 36.6 Å². The average Bonchev–Trinajstić information content (AvgIpc) is 3.03. The van der Waals surface area contributed by atoms with Gasteiger partial charge in [-0.25, -0.2) is 4.98 Å². The van der Waals surface area contributed by atoms with Gasteiger partial charge < -0.3 is 8.98 Å². The molecule has 0 radical (unpaired) electrons. The highest BCUT2D eigenvalue weighted by molar-refractivity contribution is 6.17. The van der Waals surface area contributed by atoms with Crippen molar-refractivity contribution in [2.75, 3.05) is 5.88 Å². The van der Waals surface area contributed by atoms with E-state index in [1.165, 1.54) is 5.56 Å². The molecule has 1 atom stereocenters. The Bertz CT molecular complexity index is 772. The normalized spacial score (nSPS) is 13.0. The largest absolute Gasteiger partial charge is 0.464 e. The lowest BCUT2D eigenvalue weighted by atomic mass is 10.2. The number of aryl methyl sites for hydroxylation is 3. The van der Waals surface area contributed by atoms with Crippen LogP contribution in [0.25, 0.3) is 11.0 Å². The van der Waals surface area contributed by atoms with Gasteiger partial charge >= 0.3 is 0 Å². The molecule has 0 saturated heterocycles. The standard InChI is InChI=1S/C17H19ClN2O/c1-11-5-4-6-14-17(11)19-16(9-10-18)20(14)13(3)15-8-7-12(2)21-15/h4-8,13H,9-10H2,1-3H3. The van der Waals surface area contributed by atoms with Crippen LogP contribution in [0.1, 0.15) is 35.9 Å². The Morgan fingerprint density at radius 2 is 2.05 bits per heavy atom. The lowest BCUT2D eigenvalue weighted by Gasteiger charge is -2.15. The van der Waals surface area contributed by atoms with Gasteiger partial charge in [-0.15, -0.1) is 11.6 Å². The molecule has 1 aromatic carbocycles. The Hall–Kier alpha value is -1.74. The van der Waals surface area contributed by atoms with Crippen LogP contribution in [0.15, 0.2) is 34.7 Å². The highest BCUT2D eigenvalue weighted by Gasteiger charge is 2.19. The molecular weight excluding hydrogens is 284 g/mol. The van der Waals surface area contributed by atoms with E-state index in [0.717, 1.165) is 34.8 Å². The predicted octanol–water partition coefficient (Wildman–Crippen LogP) is 4.64. The van der Waals surface area contributed by atoms with Gasteiger partial charge in [0.1, 0.15) is 17.3 Å². The van der Waals surface area contributed by atoms with Gasteiger partial charge in [-0.05, 0) is 44.5 Å². The van der Waals surface area contributed by atoms with E-state index in [0.29, 0.717) is 5.88 Å². The first-order chi connectivity index (χ1) is 10.1. The molecule has 0 aliphatic carbocycles. The van der Waals surface area contributed by atoms with Crippen molar-refractivity contribution >= 4 is 22.6 Å². The summed E-state index contributed by atoms with van der Waals surface area (Å²) in [5.41, 5.74) is 3.37. The van der Waals surface area contributed by atoms with Gasteiger partial charge in [0.05, 0.1) is 17.1 Å². The van der Waals surface area contributed by atoms with Crippen molar-refractivity contribution in [1.29, 1.82) is 0 Å². The van der Waals surface area contributed by atoms with E-state index in [1.807, 2.05) is 19.1 Å². The van der Waals surface area contributed by atoms with Crippen molar-refractivity contribution in [2.24, 2.45) is 0 Å². The first-order valence-electron chi connectivity index (χ1n) is 7.20. The number of halogens is 1. The van der Waals surface area contributed by atoms with Gasteiger partial charge in [0.25, 0.3) is 0 Å². The molecule has 0 N–H and O–H groups in total. The van der Waals surface area contributed by atoms with Crippen molar-refractivity contribution in [2.45, 2.75) is 33.2 Å². The molecular formula is C17H19ClN2O. The number of fused-ring (bicyclic) bond motifs is 1. The van der Waals surface area contributed by atoms with Gasteiger partial charge in [0, 0.05) is 12.3 Å². The zero-order valence-corrected chi connectivity index (χ0v) is 13.3.